The molecule has 1 N–H and O–H groups in total. The van der Waals surface area contributed by atoms with Crippen molar-refractivity contribution in [1.82, 2.24) is 30.4 Å². The van der Waals surface area contributed by atoms with E-state index in [-0.39, 0.29) is 13.2 Å². The molecule has 35 heavy (non-hydrogen) atoms. The van der Waals surface area contributed by atoms with E-state index in [1.807, 2.05) is 0 Å². The number of nitrogens with zero attached hydrogens (tertiary/aromatic N) is 5. The minimum absolute atomic E-state index is 0.0652. The molecule has 0 spiro atoms. The summed E-state index contributed by atoms with van der Waals surface area (Å²) in [6.45, 7) is -0.0699. The number of H-pyrrole nitrogens is 1. The van der Waals surface area contributed by atoms with Gasteiger partial charge in [-0.2, -0.15) is 36.7 Å². The minimum atomic E-state index is -4.76. The molecule has 2 heterocycles. The minimum Gasteiger partial charge on any atom is -0.456 e. The molecule has 8 nitrogen and oxygen atoms in total. The van der Waals surface area contributed by atoms with Crippen LogP contribution in [0.5, 0.6) is 0 Å². The zero-order valence-corrected chi connectivity index (χ0v) is 17.6. The zero-order valence-electron chi connectivity index (χ0n) is 17.6. The van der Waals surface area contributed by atoms with Crippen molar-refractivity contribution in [3.05, 3.63) is 95.1 Å². The van der Waals surface area contributed by atoms with E-state index in [2.05, 4.69) is 20.5 Å². The third-order valence-electron chi connectivity index (χ3n) is 4.31. The highest BCUT2D eigenvalue weighted by atomic mass is 19.4. The Morgan fingerprint density at radius 2 is 1.46 bits per heavy atom. The van der Waals surface area contributed by atoms with Crippen LogP contribution in [0.25, 0.3) is 0 Å². The first-order chi connectivity index (χ1) is 16.6. The molecule has 0 radical (unpaired) electrons. The topological polar surface area (TPSA) is 98.6 Å². The fourth-order valence-electron chi connectivity index (χ4n) is 2.71. The van der Waals surface area contributed by atoms with Crippen molar-refractivity contribution in [2.75, 3.05) is 0 Å². The van der Waals surface area contributed by atoms with Crippen LogP contribution in [-0.4, -0.2) is 36.4 Å². The predicted molar refractivity (Wildman–Crippen MR) is 108 cm³/mol. The van der Waals surface area contributed by atoms with Gasteiger partial charge in [-0.05, 0) is 11.1 Å². The number of benzene rings is 2. The second-order valence-electron chi connectivity index (χ2n) is 6.84. The number of ether oxygens (including phenoxy) is 1. The smallest absolute Gasteiger partial charge is 0.437 e. The zero-order chi connectivity index (χ0) is 25.5. The SMILES string of the molecule is FC(F)(F)c1cnnn1Cc1ccccc1.O=C(OCc1ccccc1)c1n[nH]nc1C(F)(F)F. The normalized spacial score (nSPS) is 11.5. The van der Waals surface area contributed by atoms with Gasteiger partial charge in [0.25, 0.3) is 0 Å². The maximum absolute atomic E-state index is 12.5. The molecule has 184 valence electrons. The van der Waals surface area contributed by atoms with Crippen LogP contribution >= 0.6 is 0 Å². The molecule has 0 aliphatic rings. The molecule has 4 rings (SSSR count). The maximum Gasteiger partial charge on any atom is 0.437 e. The summed E-state index contributed by atoms with van der Waals surface area (Å²) in [5, 5.41) is 14.5. The molecule has 14 heteroatoms. The van der Waals surface area contributed by atoms with Crippen LogP contribution in [0.3, 0.4) is 0 Å². The Kier molecular flexibility index (Phi) is 7.83. The average molecular weight is 498 g/mol. The summed E-state index contributed by atoms with van der Waals surface area (Å²) in [6.07, 6.45) is -8.45. The Labute approximate surface area is 193 Å². The number of alkyl halides is 6. The van der Waals surface area contributed by atoms with Crippen LogP contribution in [-0.2, 0) is 30.2 Å². The highest BCUT2D eigenvalue weighted by Crippen LogP contribution is 2.30. The number of aromatic amines is 1. The molecule has 0 aliphatic heterocycles. The lowest BCUT2D eigenvalue weighted by molar-refractivity contribution is -0.144. The van der Waals surface area contributed by atoms with Gasteiger partial charge in [-0.3, -0.25) is 0 Å². The van der Waals surface area contributed by atoms with E-state index < -0.39 is 35.4 Å². The molecule has 0 bridgehead atoms. The Hall–Kier alpha value is -4.23. The van der Waals surface area contributed by atoms with Gasteiger partial charge in [0.05, 0.1) is 12.7 Å². The highest BCUT2D eigenvalue weighted by molar-refractivity contribution is 5.88. The number of carbonyl (C=O) groups excluding carboxylic acids is 1. The number of carbonyl (C=O) groups is 1. The monoisotopic (exact) mass is 498 g/mol. The first-order valence-electron chi connectivity index (χ1n) is 9.74. The second kappa shape index (κ2) is 10.8. The molecule has 0 aliphatic carbocycles. The average Bonchev–Trinajstić information content (AvgIpc) is 3.49. The number of aromatic nitrogens is 6. The summed E-state index contributed by atoms with van der Waals surface area (Å²) in [6, 6.07) is 17.4. The standard InChI is InChI=1S/C11H8F3N3O2.C10H8F3N3/c12-11(13,14)9-8(15-17-16-9)10(18)19-6-7-4-2-1-3-5-7;11-10(12,13)9-6-14-15-16(9)7-8-4-2-1-3-5-8/h1-5H,6H2,(H,15,16,17);1-6H,7H2. The summed E-state index contributed by atoms with van der Waals surface area (Å²) in [5.74, 6) is -1.18. The van der Waals surface area contributed by atoms with Gasteiger partial charge in [0, 0.05) is 0 Å². The third-order valence-corrected chi connectivity index (χ3v) is 4.31. The third kappa shape index (κ3) is 7.12. The molecule has 2 aromatic carbocycles. The van der Waals surface area contributed by atoms with E-state index in [0.29, 0.717) is 5.56 Å². The number of hydrogen-bond donors (Lipinski definition) is 1. The summed E-state index contributed by atoms with van der Waals surface area (Å²) in [7, 11) is 0. The van der Waals surface area contributed by atoms with Gasteiger partial charge in [-0.1, -0.05) is 65.9 Å². The largest absolute Gasteiger partial charge is 0.456 e. The summed E-state index contributed by atoms with van der Waals surface area (Å²) in [4.78, 5) is 11.5. The van der Waals surface area contributed by atoms with E-state index in [4.69, 9.17) is 4.74 Å². The number of hydrogen-bond acceptors (Lipinski definition) is 6. The predicted octanol–water partition coefficient (Wildman–Crippen LogP) is 4.53. The molecule has 0 amide bonds. The van der Waals surface area contributed by atoms with Crippen LogP contribution in [0.4, 0.5) is 26.3 Å². The van der Waals surface area contributed by atoms with Gasteiger partial charge >= 0.3 is 18.3 Å². The van der Waals surface area contributed by atoms with Crippen LogP contribution in [0.1, 0.15) is 33.0 Å². The van der Waals surface area contributed by atoms with E-state index in [0.717, 1.165) is 16.4 Å². The highest BCUT2D eigenvalue weighted by Gasteiger charge is 2.40. The molecule has 0 atom stereocenters. The Balaban J connectivity index is 0.000000198. The van der Waals surface area contributed by atoms with Crippen LogP contribution in [0, 0.1) is 0 Å². The first-order valence-corrected chi connectivity index (χ1v) is 9.74. The molecule has 0 fully saturated rings. The second-order valence-corrected chi connectivity index (χ2v) is 6.84. The fourth-order valence-corrected chi connectivity index (χ4v) is 2.71. The first kappa shape index (κ1) is 25.4. The van der Waals surface area contributed by atoms with Crippen molar-refractivity contribution in [2.24, 2.45) is 0 Å². The number of rotatable bonds is 5. The van der Waals surface area contributed by atoms with Crippen LogP contribution in [0.2, 0.25) is 0 Å². The van der Waals surface area contributed by atoms with Crippen molar-refractivity contribution < 1.29 is 35.9 Å². The lowest BCUT2D eigenvalue weighted by Crippen LogP contribution is -2.15. The van der Waals surface area contributed by atoms with Crippen molar-refractivity contribution in [3.8, 4) is 0 Å². The summed E-state index contributed by atoms with van der Waals surface area (Å²) < 4.78 is 80.5. The quantitative estimate of drug-likeness (QED) is 0.321. The van der Waals surface area contributed by atoms with E-state index in [9.17, 15) is 31.1 Å². The maximum atomic E-state index is 12.5. The van der Waals surface area contributed by atoms with Crippen molar-refractivity contribution >= 4 is 5.97 Å². The summed E-state index contributed by atoms with van der Waals surface area (Å²) in [5.41, 5.74) is -1.68. The molecule has 4 aromatic rings. The van der Waals surface area contributed by atoms with Gasteiger partial charge in [0.1, 0.15) is 6.61 Å². The van der Waals surface area contributed by atoms with Gasteiger partial charge in [0.2, 0.25) is 11.4 Å². The van der Waals surface area contributed by atoms with Crippen molar-refractivity contribution in [1.29, 1.82) is 0 Å². The molecular formula is C21H16F6N6O2. The molecule has 0 unspecified atom stereocenters. The summed E-state index contributed by atoms with van der Waals surface area (Å²) >= 11 is 0. The number of nitrogens with one attached hydrogen (secondary N) is 1. The van der Waals surface area contributed by atoms with Crippen molar-refractivity contribution in [2.45, 2.75) is 25.5 Å². The fraction of sp³-hybridized carbons (Fsp3) is 0.190. The van der Waals surface area contributed by atoms with Crippen LogP contribution < -0.4 is 0 Å². The molecular weight excluding hydrogens is 482 g/mol. The lowest BCUT2D eigenvalue weighted by atomic mass is 10.2. The number of halogens is 6. The van der Waals surface area contributed by atoms with E-state index in [1.54, 1.807) is 65.9 Å². The van der Waals surface area contributed by atoms with Crippen LogP contribution in [0.15, 0.2) is 66.9 Å². The Morgan fingerprint density at radius 3 is 2.03 bits per heavy atom. The Bertz CT molecular complexity index is 1220. The van der Waals surface area contributed by atoms with E-state index in [1.165, 1.54) is 0 Å². The van der Waals surface area contributed by atoms with E-state index >= 15 is 0 Å². The Morgan fingerprint density at radius 1 is 0.857 bits per heavy atom. The van der Waals surface area contributed by atoms with Gasteiger partial charge in [-0.25, -0.2) is 9.48 Å². The van der Waals surface area contributed by atoms with Crippen molar-refractivity contribution in [3.63, 3.8) is 0 Å². The molecule has 2 aromatic heterocycles. The van der Waals surface area contributed by atoms with Gasteiger partial charge in [0.15, 0.2) is 5.69 Å². The number of esters is 1. The molecule has 0 saturated carbocycles. The lowest BCUT2D eigenvalue weighted by Gasteiger charge is -2.08. The van der Waals surface area contributed by atoms with Gasteiger partial charge < -0.3 is 4.74 Å². The van der Waals surface area contributed by atoms with Gasteiger partial charge in [-0.15, -0.1) is 10.2 Å². The molecule has 0 saturated heterocycles.